The molecule has 0 aliphatic rings. The van der Waals surface area contributed by atoms with Crippen LogP contribution >= 0.6 is 0 Å². The van der Waals surface area contributed by atoms with Crippen molar-refractivity contribution < 1.29 is 8.42 Å². The van der Waals surface area contributed by atoms with Gasteiger partial charge in [0.05, 0.1) is 18.3 Å². The molecule has 0 aliphatic carbocycles. The molecule has 1 atom stereocenters. The number of hydrogen-bond donors (Lipinski definition) is 1. The highest BCUT2D eigenvalue weighted by Gasteiger charge is 2.17. The van der Waals surface area contributed by atoms with Gasteiger partial charge in [0.15, 0.2) is 5.03 Å². The van der Waals surface area contributed by atoms with Crippen LogP contribution in [0.2, 0.25) is 0 Å². The Morgan fingerprint density at radius 1 is 1.69 bits per heavy atom. The third kappa shape index (κ3) is 3.05. The lowest BCUT2D eigenvalue weighted by molar-refractivity contribution is 0.569. The highest BCUT2D eigenvalue weighted by molar-refractivity contribution is 7.89. The van der Waals surface area contributed by atoms with Crippen LogP contribution < -0.4 is 4.72 Å². The van der Waals surface area contributed by atoms with Crippen molar-refractivity contribution in [3.63, 3.8) is 0 Å². The van der Waals surface area contributed by atoms with Gasteiger partial charge in [-0.1, -0.05) is 0 Å². The van der Waals surface area contributed by atoms with Gasteiger partial charge in [0, 0.05) is 19.3 Å². The van der Waals surface area contributed by atoms with E-state index in [0.29, 0.717) is 6.54 Å². The van der Waals surface area contributed by atoms with E-state index >= 15 is 0 Å². The highest BCUT2D eigenvalue weighted by atomic mass is 32.2. The van der Waals surface area contributed by atoms with E-state index in [9.17, 15) is 8.42 Å². The molecular formula is C9H14N4O2S. The second kappa shape index (κ2) is 5.09. The zero-order valence-corrected chi connectivity index (χ0v) is 10.0. The molecule has 0 aromatic carbocycles. The Bertz CT molecular complexity index is 486. The van der Waals surface area contributed by atoms with Crippen LogP contribution in [0.25, 0.3) is 0 Å². The first-order chi connectivity index (χ1) is 7.49. The molecule has 1 heterocycles. The molecule has 0 fully saturated rings. The summed E-state index contributed by atoms with van der Waals surface area (Å²) >= 11 is 0. The van der Waals surface area contributed by atoms with E-state index < -0.39 is 10.0 Å². The van der Waals surface area contributed by atoms with Crippen molar-refractivity contribution in [2.75, 3.05) is 6.54 Å². The van der Waals surface area contributed by atoms with Crippen molar-refractivity contribution in [1.82, 2.24) is 14.3 Å². The Morgan fingerprint density at radius 3 is 2.88 bits per heavy atom. The number of rotatable bonds is 5. The molecule has 1 aromatic rings. The van der Waals surface area contributed by atoms with Crippen molar-refractivity contribution in [1.29, 1.82) is 5.26 Å². The molecule has 16 heavy (non-hydrogen) atoms. The first kappa shape index (κ1) is 12.7. The SMILES string of the molecule is CCn1cnc(S(=O)(=O)NCC(C)C#N)c1. The fourth-order valence-corrected chi connectivity index (χ4v) is 2.08. The standard InChI is InChI=1S/C9H14N4O2S/c1-3-13-6-9(11-7-13)16(14,15)12-5-8(2)4-10/h6-8,12H,3,5H2,1-2H3. The smallest absolute Gasteiger partial charge is 0.259 e. The summed E-state index contributed by atoms with van der Waals surface area (Å²) in [4.78, 5) is 3.79. The third-order valence-corrected chi connectivity index (χ3v) is 3.36. The maximum absolute atomic E-state index is 11.7. The van der Waals surface area contributed by atoms with E-state index in [4.69, 9.17) is 5.26 Å². The summed E-state index contributed by atoms with van der Waals surface area (Å²) in [6, 6.07) is 1.95. The fraction of sp³-hybridized carbons (Fsp3) is 0.556. The Hall–Kier alpha value is -1.39. The normalized spacial score (nSPS) is 13.3. The zero-order chi connectivity index (χ0) is 12.2. The van der Waals surface area contributed by atoms with Gasteiger partial charge in [-0.3, -0.25) is 0 Å². The Morgan fingerprint density at radius 2 is 2.38 bits per heavy atom. The average Bonchev–Trinajstić information content (AvgIpc) is 2.75. The summed E-state index contributed by atoms with van der Waals surface area (Å²) in [5, 5.41) is 8.53. The summed E-state index contributed by atoms with van der Waals surface area (Å²) in [5.74, 6) is -0.358. The quantitative estimate of drug-likeness (QED) is 0.806. The molecular weight excluding hydrogens is 228 g/mol. The molecule has 1 N–H and O–H groups in total. The predicted octanol–water partition coefficient (Wildman–Crippen LogP) is 0.341. The van der Waals surface area contributed by atoms with Crippen molar-refractivity contribution in [2.24, 2.45) is 5.92 Å². The molecule has 88 valence electrons. The van der Waals surface area contributed by atoms with E-state index in [-0.39, 0.29) is 17.5 Å². The lowest BCUT2D eigenvalue weighted by Gasteiger charge is -2.04. The van der Waals surface area contributed by atoms with Crippen LogP contribution in [0.3, 0.4) is 0 Å². The van der Waals surface area contributed by atoms with Crippen molar-refractivity contribution in [3.05, 3.63) is 12.5 Å². The van der Waals surface area contributed by atoms with Gasteiger partial charge < -0.3 is 4.57 Å². The highest BCUT2D eigenvalue weighted by Crippen LogP contribution is 2.05. The molecule has 0 spiro atoms. The van der Waals surface area contributed by atoms with E-state index in [1.807, 2.05) is 13.0 Å². The van der Waals surface area contributed by atoms with E-state index in [1.54, 1.807) is 11.5 Å². The molecule has 7 heteroatoms. The molecule has 1 aromatic heterocycles. The average molecular weight is 242 g/mol. The van der Waals surface area contributed by atoms with E-state index in [2.05, 4.69) is 9.71 Å². The topological polar surface area (TPSA) is 87.8 Å². The van der Waals surface area contributed by atoms with Gasteiger partial charge in [-0.25, -0.2) is 18.1 Å². The monoisotopic (exact) mass is 242 g/mol. The maximum atomic E-state index is 11.7. The Kier molecular flexibility index (Phi) is 4.04. The number of nitrogens with zero attached hydrogens (tertiary/aromatic N) is 3. The largest absolute Gasteiger partial charge is 0.336 e. The predicted molar refractivity (Wildman–Crippen MR) is 57.9 cm³/mol. The minimum Gasteiger partial charge on any atom is -0.336 e. The number of hydrogen-bond acceptors (Lipinski definition) is 4. The summed E-state index contributed by atoms with van der Waals surface area (Å²) in [5.41, 5.74) is 0. The lowest BCUT2D eigenvalue weighted by Crippen LogP contribution is -2.28. The number of nitriles is 1. The molecule has 0 amide bonds. The minimum atomic E-state index is -3.59. The van der Waals surface area contributed by atoms with Gasteiger partial charge in [-0.2, -0.15) is 5.26 Å². The van der Waals surface area contributed by atoms with Crippen molar-refractivity contribution >= 4 is 10.0 Å². The van der Waals surface area contributed by atoms with Gasteiger partial charge in [-0.05, 0) is 13.8 Å². The van der Waals surface area contributed by atoms with Crippen LogP contribution in [0.15, 0.2) is 17.6 Å². The first-order valence-electron chi connectivity index (χ1n) is 4.90. The summed E-state index contributed by atoms with van der Waals surface area (Å²) in [7, 11) is -3.59. The second-order valence-corrected chi connectivity index (χ2v) is 5.14. The van der Waals surface area contributed by atoms with Gasteiger partial charge in [-0.15, -0.1) is 0 Å². The van der Waals surface area contributed by atoms with Crippen LogP contribution in [0.4, 0.5) is 0 Å². The van der Waals surface area contributed by atoms with E-state index in [1.165, 1.54) is 12.5 Å². The number of imidazole rings is 1. The molecule has 6 nitrogen and oxygen atoms in total. The van der Waals surface area contributed by atoms with Crippen LogP contribution in [0.5, 0.6) is 0 Å². The molecule has 0 aliphatic heterocycles. The lowest BCUT2D eigenvalue weighted by atomic mass is 10.2. The van der Waals surface area contributed by atoms with Crippen molar-refractivity contribution in [2.45, 2.75) is 25.4 Å². The third-order valence-electron chi connectivity index (χ3n) is 2.05. The molecule has 0 saturated heterocycles. The van der Waals surface area contributed by atoms with E-state index in [0.717, 1.165) is 0 Å². The summed E-state index contributed by atoms with van der Waals surface area (Å²) in [6.07, 6.45) is 2.92. The number of aromatic nitrogens is 2. The number of sulfonamides is 1. The first-order valence-corrected chi connectivity index (χ1v) is 6.39. The Labute approximate surface area is 95.0 Å². The molecule has 1 unspecified atom stereocenters. The van der Waals surface area contributed by atoms with Gasteiger partial charge in [0.2, 0.25) is 0 Å². The maximum Gasteiger partial charge on any atom is 0.259 e. The van der Waals surface area contributed by atoms with Gasteiger partial charge in [0.25, 0.3) is 10.0 Å². The zero-order valence-electron chi connectivity index (χ0n) is 9.21. The molecule has 1 rings (SSSR count). The fourth-order valence-electron chi connectivity index (χ4n) is 1.01. The van der Waals surface area contributed by atoms with Crippen LogP contribution in [-0.2, 0) is 16.6 Å². The summed E-state index contributed by atoms with van der Waals surface area (Å²) < 4.78 is 27.4. The number of aryl methyl sites for hydroxylation is 1. The molecule has 0 saturated carbocycles. The van der Waals surface area contributed by atoms with Crippen LogP contribution in [0, 0.1) is 17.2 Å². The Balaban J connectivity index is 2.75. The molecule has 0 bridgehead atoms. The van der Waals surface area contributed by atoms with Gasteiger partial charge >= 0.3 is 0 Å². The van der Waals surface area contributed by atoms with Crippen LogP contribution in [-0.4, -0.2) is 24.5 Å². The second-order valence-electron chi connectivity index (χ2n) is 3.42. The minimum absolute atomic E-state index is 0.0144. The summed E-state index contributed by atoms with van der Waals surface area (Å²) in [6.45, 7) is 4.30. The van der Waals surface area contributed by atoms with Crippen molar-refractivity contribution in [3.8, 4) is 6.07 Å². The molecule has 0 radical (unpaired) electrons. The van der Waals surface area contributed by atoms with Crippen LogP contribution in [0.1, 0.15) is 13.8 Å². The number of nitrogens with one attached hydrogen (secondary N) is 1. The van der Waals surface area contributed by atoms with Gasteiger partial charge in [0.1, 0.15) is 0 Å².